The highest BCUT2D eigenvalue weighted by Crippen LogP contribution is 2.32. The van der Waals surface area contributed by atoms with E-state index in [-0.39, 0.29) is 0 Å². The number of aliphatic hydroxyl groups excluding tert-OH is 1. The SMILES string of the molecule is CC(O)c1ccccc1Oc1cccc2ncccc12. The van der Waals surface area contributed by atoms with Gasteiger partial charge in [-0.1, -0.05) is 24.3 Å². The summed E-state index contributed by atoms with van der Waals surface area (Å²) in [5.74, 6) is 1.41. The molecule has 0 bridgehead atoms. The zero-order valence-corrected chi connectivity index (χ0v) is 11.2. The van der Waals surface area contributed by atoms with Gasteiger partial charge in [-0.05, 0) is 37.3 Å². The normalized spacial score (nSPS) is 12.3. The van der Waals surface area contributed by atoms with Crippen molar-refractivity contribution in [3.8, 4) is 11.5 Å². The van der Waals surface area contributed by atoms with Crippen molar-refractivity contribution in [2.45, 2.75) is 13.0 Å². The van der Waals surface area contributed by atoms with E-state index in [9.17, 15) is 5.11 Å². The molecule has 1 heterocycles. The summed E-state index contributed by atoms with van der Waals surface area (Å²) in [7, 11) is 0. The first-order valence-electron chi connectivity index (χ1n) is 6.54. The number of nitrogens with zero attached hydrogens (tertiary/aromatic N) is 1. The number of aromatic nitrogens is 1. The van der Waals surface area contributed by atoms with E-state index in [0.29, 0.717) is 5.75 Å². The van der Waals surface area contributed by atoms with E-state index < -0.39 is 6.10 Å². The Hall–Kier alpha value is -2.39. The fraction of sp³-hybridized carbons (Fsp3) is 0.118. The van der Waals surface area contributed by atoms with Crippen LogP contribution in [0.4, 0.5) is 0 Å². The summed E-state index contributed by atoms with van der Waals surface area (Å²) in [4.78, 5) is 4.31. The highest BCUT2D eigenvalue weighted by atomic mass is 16.5. The summed E-state index contributed by atoms with van der Waals surface area (Å²) < 4.78 is 5.98. The zero-order chi connectivity index (χ0) is 13.9. The molecule has 20 heavy (non-hydrogen) atoms. The molecule has 0 aliphatic heterocycles. The maximum absolute atomic E-state index is 9.80. The monoisotopic (exact) mass is 265 g/mol. The van der Waals surface area contributed by atoms with Gasteiger partial charge >= 0.3 is 0 Å². The highest BCUT2D eigenvalue weighted by molar-refractivity contribution is 5.85. The van der Waals surface area contributed by atoms with Crippen molar-refractivity contribution in [2.75, 3.05) is 0 Å². The van der Waals surface area contributed by atoms with Crippen LogP contribution in [-0.4, -0.2) is 10.1 Å². The third-order valence-electron chi connectivity index (χ3n) is 3.19. The first-order chi connectivity index (χ1) is 9.75. The van der Waals surface area contributed by atoms with Crippen LogP contribution in [0.2, 0.25) is 0 Å². The van der Waals surface area contributed by atoms with Crippen molar-refractivity contribution < 1.29 is 9.84 Å². The lowest BCUT2D eigenvalue weighted by Crippen LogP contribution is -1.96. The van der Waals surface area contributed by atoms with Gasteiger partial charge in [-0.15, -0.1) is 0 Å². The number of ether oxygens (including phenoxy) is 1. The Morgan fingerprint density at radius 2 is 1.75 bits per heavy atom. The van der Waals surface area contributed by atoms with Crippen molar-refractivity contribution >= 4 is 10.9 Å². The number of rotatable bonds is 3. The van der Waals surface area contributed by atoms with Crippen molar-refractivity contribution in [3.63, 3.8) is 0 Å². The number of hydrogen-bond donors (Lipinski definition) is 1. The molecule has 0 aliphatic rings. The number of benzene rings is 2. The third kappa shape index (κ3) is 2.36. The van der Waals surface area contributed by atoms with E-state index >= 15 is 0 Å². The average molecular weight is 265 g/mol. The predicted molar refractivity (Wildman–Crippen MR) is 78.9 cm³/mol. The van der Waals surface area contributed by atoms with E-state index in [2.05, 4.69) is 4.98 Å². The van der Waals surface area contributed by atoms with Crippen LogP contribution in [0.5, 0.6) is 11.5 Å². The average Bonchev–Trinajstić information content (AvgIpc) is 2.48. The summed E-state index contributed by atoms with van der Waals surface area (Å²) in [6, 6.07) is 17.1. The molecule has 1 unspecified atom stereocenters. The predicted octanol–water partition coefficient (Wildman–Crippen LogP) is 4.08. The molecule has 1 atom stereocenters. The summed E-state index contributed by atoms with van der Waals surface area (Å²) in [6.07, 6.45) is 1.19. The molecule has 2 aromatic carbocycles. The van der Waals surface area contributed by atoms with E-state index in [1.165, 1.54) is 0 Å². The smallest absolute Gasteiger partial charge is 0.136 e. The van der Waals surface area contributed by atoms with Gasteiger partial charge in [0.15, 0.2) is 0 Å². The Balaban J connectivity index is 2.06. The molecule has 0 saturated carbocycles. The topological polar surface area (TPSA) is 42.4 Å². The Labute approximate surface area is 117 Å². The molecule has 0 aliphatic carbocycles. The quantitative estimate of drug-likeness (QED) is 0.775. The molecule has 0 amide bonds. The fourth-order valence-electron chi connectivity index (χ4n) is 2.20. The van der Waals surface area contributed by atoms with Crippen molar-refractivity contribution in [2.24, 2.45) is 0 Å². The van der Waals surface area contributed by atoms with Crippen LogP contribution in [0.1, 0.15) is 18.6 Å². The molecule has 3 nitrogen and oxygen atoms in total. The lowest BCUT2D eigenvalue weighted by Gasteiger charge is -2.14. The third-order valence-corrected chi connectivity index (χ3v) is 3.19. The van der Waals surface area contributed by atoms with Gasteiger partial charge < -0.3 is 9.84 Å². The number of fused-ring (bicyclic) bond motifs is 1. The molecule has 3 rings (SSSR count). The van der Waals surface area contributed by atoms with Gasteiger partial charge in [0.1, 0.15) is 11.5 Å². The van der Waals surface area contributed by atoms with Crippen molar-refractivity contribution in [3.05, 3.63) is 66.4 Å². The molecule has 100 valence electrons. The minimum atomic E-state index is -0.570. The molecule has 3 aromatic rings. The van der Waals surface area contributed by atoms with Crippen LogP contribution in [-0.2, 0) is 0 Å². The van der Waals surface area contributed by atoms with Crippen LogP contribution in [0.3, 0.4) is 0 Å². The van der Waals surface area contributed by atoms with E-state index in [1.807, 2.05) is 54.6 Å². The Morgan fingerprint density at radius 1 is 0.950 bits per heavy atom. The zero-order valence-electron chi connectivity index (χ0n) is 11.2. The molecule has 0 saturated heterocycles. The minimum absolute atomic E-state index is 0.570. The first kappa shape index (κ1) is 12.6. The summed E-state index contributed by atoms with van der Waals surface area (Å²) in [5.41, 5.74) is 1.66. The lowest BCUT2D eigenvalue weighted by molar-refractivity contribution is 0.195. The Morgan fingerprint density at radius 3 is 2.60 bits per heavy atom. The molecule has 0 radical (unpaired) electrons. The van der Waals surface area contributed by atoms with Gasteiger partial charge in [-0.3, -0.25) is 4.98 Å². The molecular formula is C17H15NO2. The van der Waals surface area contributed by atoms with Crippen molar-refractivity contribution in [1.29, 1.82) is 0 Å². The maximum Gasteiger partial charge on any atom is 0.136 e. The van der Waals surface area contributed by atoms with Crippen LogP contribution >= 0.6 is 0 Å². The standard InChI is InChI=1S/C17H15NO2/c1-12(19)13-6-2-3-9-16(13)20-17-10-4-8-15-14(17)7-5-11-18-15/h2-12,19H,1H3. The lowest BCUT2D eigenvalue weighted by atomic mass is 10.1. The van der Waals surface area contributed by atoms with Crippen LogP contribution in [0, 0.1) is 0 Å². The van der Waals surface area contributed by atoms with Crippen LogP contribution in [0.25, 0.3) is 10.9 Å². The molecule has 1 N–H and O–H groups in total. The summed E-state index contributed by atoms with van der Waals surface area (Å²) in [5, 5.41) is 10.8. The number of aliphatic hydroxyl groups is 1. The molecule has 0 fully saturated rings. The van der Waals surface area contributed by atoms with Crippen LogP contribution < -0.4 is 4.74 Å². The van der Waals surface area contributed by atoms with Gasteiger partial charge in [0.25, 0.3) is 0 Å². The number of para-hydroxylation sites is 1. The van der Waals surface area contributed by atoms with Gasteiger partial charge in [-0.2, -0.15) is 0 Å². The van der Waals surface area contributed by atoms with Gasteiger partial charge in [0.2, 0.25) is 0 Å². The summed E-state index contributed by atoms with van der Waals surface area (Å²) in [6.45, 7) is 1.73. The van der Waals surface area contributed by atoms with E-state index in [0.717, 1.165) is 22.2 Å². The molecule has 3 heteroatoms. The molecular weight excluding hydrogens is 250 g/mol. The van der Waals surface area contributed by atoms with Gasteiger partial charge in [0, 0.05) is 17.1 Å². The molecule has 1 aromatic heterocycles. The Kier molecular flexibility index (Phi) is 3.35. The van der Waals surface area contributed by atoms with Gasteiger partial charge in [0.05, 0.1) is 11.6 Å². The Bertz CT molecular complexity index is 732. The highest BCUT2D eigenvalue weighted by Gasteiger charge is 2.10. The second-order valence-electron chi connectivity index (χ2n) is 4.64. The maximum atomic E-state index is 9.80. The number of pyridine rings is 1. The summed E-state index contributed by atoms with van der Waals surface area (Å²) >= 11 is 0. The fourth-order valence-corrected chi connectivity index (χ4v) is 2.20. The molecule has 0 spiro atoms. The van der Waals surface area contributed by atoms with E-state index in [1.54, 1.807) is 13.1 Å². The number of hydrogen-bond acceptors (Lipinski definition) is 3. The second-order valence-corrected chi connectivity index (χ2v) is 4.64. The van der Waals surface area contributed by atoms with E-state index in [4.69, 9.17) is 4.74 Å². The second kappa shape index (κ2) is 5.31. The minimum Gasteiger partial charge on any atom is -0.456 e. The van der Waals surface area contributed by atoms with Crippen LogP contribution in [0.15, 0.2) is 60.8 Å². The van der Waals surface area contributed by atoms with Gasteiger partial charge in [-0.25, -0.2) is 0 Å². The largest absolute Gasteiger partial charge is 0.456 e. The first-order valence-corrected chi connectivity index (χ1v) is 6.54. The van der Waals surface area contributed by atoms with Crippen molar-refractivity contribution in [1.82, 2.24) is 4.98 Å².